The third-order valence-corrected chi connectivity index (χ3v) is 4.72. The van der Waals surface area contributed by atoms with Crippen molar-refractivity contribution in [2.24, 2.45) is 4.99 Å². The Morgan fingerprint density at radius 2 is 2.04 bits per heavy atom. The predicted octanol–water partition coefficient (Wildman–Crippen LogP) is 1.33. The van der Waals surface area contributed by atoms with Gasteiger partial charge in [0.1, 0.15) is 9.84 Å². The van der Waals surface area contributed by atoms with Gasteiger partial charge in [0.15, 0.2) is 5.96 Å². The molecular weight excluding hydrogens is 352 g/mol. The lowest BCUT2D eigenvalue weighted by Crippen LogP contribution is -2.38. The molecule has 0 atom stereocenters. The minimum Gasteiger partial charge on any atom is -0.378 e. The van der Waals surface area contributed by atoms with Gasteiger partial charge >= 0.3 is 0 Å². The van der Waals surface area contributed by atoms with E-state index in [2.05, 4.69) is 32.7 Å². The third-order valence-electron chi connectivity index (χ3n) is 3.81. The molecule has 0 saturated carbocycles. The summed E-state index contributed by atoms with van der Waals surface area (Å²) in [5.74, 6) is 0.777. The molecule has 2 rings (SSSR count). The highest BCUT2D eigenvalue weighted by molar-refractivity contribution is 7.90. The van der Waals surface area contributed by atoms with Gasteiger partial charge in [0.2, 0.25) is 0 Å². The quantitative estimate of drug-likeness (QED) is 0.328. The number of nitrogens with one attached hydrogen (secondary N) is 3. The molecule has 0 bridgehead atoms. The second-order valence-corrected chi connectivity index (χ2v) is 8.30. The molecule has 1 aromatic carbocycles. The van der Waals surface area contributed by atoms with Gasteiger partial charge in [-0.25, -0.2) is 8.42 Å². The molecule has 0 fully saturated rings. The highest BCUT2D eigenvalue weighted by Crippen LogP contribution is 2.17. The van der Waals surface area contributed by atoms with Crippen LogP contribution in [0.1, 0.15) is 12.5 Å². The Hall–Kier alpha value is -2.06. The molecule has 0 saturated heterocycles. The van der Waals surface area contributed by atoms with E-state index in [1.54, 1.807) is 0 Å². The van der Waals surface area contributed by atoms with Gasteiger partial charge in [-0.3, -0.25) is 4.99 Å². The number of hydrogen-bond donors (Lipinski definition) is 3. The second-order valence-electron chi connectivity index (χ2n) is 6.04. The monoisotopic (exact) mass is 380 g/mol. The number of hydrogen-bond acceptors (Lipinski definition) is 4. The van der Waals surface area contributed by atoms with E-state index in [4.69, 9.17) is 4.74 Å². The van der Waals surface area contributed by atoms with Crippen LogP contribution in [0.2, 0.25) is 0 Å². The highest BCUT2D eigenvalue weighted by Gasteiger charge is 2.04. The van der Waals surface area contributed by atoms with Gasteiger partial charge in [-0.1, -0.05) is 18.2 Å². The lowest BCUT2D eigenvalue weighted by atomic mass is 10.1. The number of aliphatic imine (C=N–C) groups is 1. The fourth-order valence-electron chi connectivity index (χ4n) is 2.53. The number of H-pyrrole nitrogens is 1. The molecule has 0 amide bonds. The van der Waals surface area contributed by atoms with Gasteiger partial charge < -0.3 is 20.4 Å². The van der Waals surface area contributed by atoms with Crippen molar-refractivity contribution in [1.82, 2.24) is 15.6 Å². The second kappa shape index (κ2) is 10.2. The van der Waals surface area contributed by atoms with Crippen molar-refractivity contribution in [3.63, 3.8) is 0 Å². The summed E-state index contributed by atoms with van der Waals surface area (Å²) >= 11 is 0. The molecule has 0 aliphatic carbocycles. The van der Waals surface area contributed by atoms with Gasteiger partial charge in [-0.15, -0.1) is 0 Å². The van der Waals surface area contributed by atoms with Crippen LogP contribution >= 0.6 is 0 Å². The minimum atomic E-state index is -2.97. The van der Waals surface area contributed by atoms with Crippen LogP contribution in [-0.2, 0) is 21.0 Å². The number of nitrogens with zero attached hydrogens (tertiary/aromatic N) is 1. The molecule has 7 nitrogen and oxygen atoms in total. The van der Waals surface area contributed by atoms with Crippen molar-refractivity contribution in [1.29, 1.82) is 0 Å². The van der Waals surface area contributed by atoms with Gasteiger partial charge in [0.25, 0.3) is 0 Å². The summed E-state index contributed by atoms with van der Waals surface area (Å²) in [6, 6.07) is 8.26. The molecular formula is C18H28N4O3S. The van der Waals surface area contributed by atoms with Gasteiger partial charge in [0, 0.05) is 36.4 Å². The van der Waals surface area contributed by atoms with Crippen LogP contribution in [0, 0.1) is 0 Å². The van der Waals surface area contributed by atoms with Crippen LogP contribution in [-0.4, -0.2) is 64.2 Å². The lowest BCUT2D eigenvalue weighted by molar-refractivity contribution is 0.157. The van der Waals surface area contributed by atoms with Crippen LogP contribution in [0.15, 0.2) is 35.5 Å². The zero-order valence-corrected chi connectivity index (χ0v) is 16.2. The first kappa shape index (κ1) is 20.3. The normalized spacial score (nSPS) is 12.5. The maximum atomic E-state index is 11.0. The number of rotatable bonds is 10. The smallest absolute Gasteiger partial charge is 0.191 e. The maximum absolute atomic E-state index is 11.0. The molecule has 0 radical (unpaired) electrons. The van der Waals surface area contributed by atoms with Crippen LogP contribution in [0.5, 0.6) is 0 Å². The van der Waals surface area contributed by atoms with Crippen LogP contribution in [0.3, 0.4) is 0 Å². The van der Waals surface area contributed by atoms with E-state index in [-0.39, 0.29) is 12.4 Å². The van der Waals surface area contributed by atoms with Gasteiger partial charge in [-0.05, 0) is 25.0 Å². The molecule has 0 unspecified atom stereocenters. The summed E-state index contributed by atoms with van der Waals surface area (Å²) in [5.41, 5.74) is 2.42. The Morgan fingerprint density at radius 1 is 1.23 bits per heavy atom. The first-order valence-corrected chi connectivity index (χ1v) is 10.9. The number of guanidine groups is 1. The van der Waals surface area contributed by atoms with E-state index in [9.17, 15) is 8.42 Å². The number of ether oxygens (including phenoxy) is 1. The Balaban J connectivity index is 1.74. The van der Waals surface area contributed by atoms with E-state index >= 15 is 0 Å². The van der Waals surface area contributed by atoms with E-state index in [1.165, 1.54) is 17.2 Å². The summed E-state index contributed by atoms with van der Waals surface area (Å²) in [6.45, 7) is 4.63. The highest BCUT2D eigenvalue weighted by atomic mass is 32.2. The minimum absolute atomic E-state index is 0.0413. The summed E-state index contributed by atoms with van der Waals surface area (Å²) in [6.07, 6.45) is 4.14. The first-order valence-electron chi connectivity index (χ1n) is 8.82. The van der Waals surface area contributed by atoms with Gasteiger partial charge in [-0.2, -0.15) is 0 Å². The fraction of sp³-hybridized carbons (Fsp3) is 0.500. The number of aromatic amines is 1. The predicted molar refractivity (Wildman–Crippen MR) is 107 cm³/mol. The average molecular weight is 381 g/mol. The number of fused-ring (bicyclic) bond motifs is 1. The molecule has 1 heterocycles. The van der Waals surface area contributed by atoms with Crippen molar-refractivity contribution in [2.75, 3.05) is 44.9 Å². The molecule has 0 aliphatic rings. The average Bonchev–Trinajstić information content (AvgIpc) is 3.00. The summed E-state index contributed by atoms with van der Waals surface area (Å²) in [7, 11) is -2.97. The maximum Gasteiger partial charge on any atom is 0.191 e. The molecule has 2 aromatic rings. The van der Waals surface area contributed by atoms with Crippen molar-refractivity contribution < 1.29 is 13.2 Å². The third kappa shape index (κ3) is 7.05. The Labute approximate surface area is 155 Å². The molecule has 3 N–H and O–H groups in total. The zero-order valence-electron chi connectivity index (χ0n) is 15.4. The summed E-state index contributed by atoms with van der Waals surface area (Å²) < 4.78 is 27.4. The fourth-order valence-corrected chi connectivity index (χ4v) is 2.95. The standard InChI is InChI=1S/C18H28N4O3S/c1-3-19-18(21-10-11-25-12-13-26(2,23)24)20-9-8-15-14-22-17-7-5-4-6-16(15)17/h4-7,14,22H,3,8-13H2,1-2H3,(H2,19,20,21). The molecule has 1 aromatic heterocycles. The van der Waals surface area contributed by atoms with Crippen molar-refractivity contribution >= 4 is 26.7 Å². The van der Waals surface area contributed by atoms with Crippen LogP contribution in [0.25, 0.3) is 10.9 Å². The Kier molecular flexibility index (Phi) is 7.93. The molecule has 8 heteroatoms. The van der Waals surface area contributed by atoms with E-state index in [1.807, 2.05) is 25.3 Å². The molecule has 26 heavy (non-hydrogen) atoms. The Bertz CT molecular complexity index is 815. The number of sulfone groups is 1. The van der Waals surface area contributed by atoms with Crippen molar-refractivity contribution in [3.05, 3.63) is 36.0 Å². The molecule has 144 valence electrons. The SMILES string of the molecule is CCNC(=NCCOCCS(C)(=O)=O)NCCc1c[nH]c2ccccc12. The van der Waals surface area contributed by atoms with E-state index in [0.29, 0.717) is 13.2 Å². The zero-order chi connectivity index (χ0) is 18.8. The Morgan fingerprint density at radius 3 is 2.81 bits per heavy atom. The number of para-hydroxylation sites is 1. The first-order chi connectivity index (χ1) is 12.5. The largest absolute Gasteiger partial charge is 0.378 e. The summed E-state index contributed by atoms with van der Waals surface area (Å²) in [5, 5.41) is 7.75. The van der Waals surface area contributed by atoms with Gasteiger partial charge in [0.05, 0.1) is 25.5 Å². The van der Waals surface area contributed by atoms with E-state index in [0.717, 1.165) is 31.0 Å². The van der Waals surface area contributed by atoms with Crippen LogP contribution in [0.4, 0.5) is 0 Å². The van der Waals surface area contributed by atoms with Crippen molar-refractivity contribution in [3.8, 4) is 0 Å². The van der Waals surface area contributed by atoms with Crippen molar-refractivity contribution in [2.45, 2.75) is 13.3 Å². The molecule has 0 spiro atoms. The number of aromatic nitrogens is 1. The van der Waals surface area contributed by atoms with Crippen LogP contribution < -0.4 is 10.6 Å². The number of benzene rings is 1. The van der Waals surface area contributed by atoms with E-state index < -0.39 is 9.84 Å². The topological polar surface area (TPSA) is 95.6 Å². The summed E-state index contributed by atoms with van der Waals surface area (Å²) in [4.78, 5) is 7.72. The lowest BCUT2D eigenvalue weighted by Gasteiger charge is -2.11. The molecule has 0 aliphatic heterocycles.